The van der Waals surface area contributed by atoms with E-state index in [-0.39, 0.29) is 0 Å². The molecule has 1 N–H and O–H groups in total. The Hall–Kier alpha value is -0.900. The molecule has 1 aromatic rings. The molecule has 0 spiro atoms. The van der Waals surface area contributed by atoms with Gasteiger partial charge in [0.2, 0.25) is 0 Å². The Morgan fingerprint density at radius 1 is 1.57 bits per heavy atom. The minimum atomic E-state index is 0.852. The smallest absolute Gasteiger partial charge is 0.146 e. The van der Waals surface area contributed by atoms with Crippen molar-refractivity contribution in [2.24, 2.45) is 5.92 Å². The van der Waals surface area contributed by atoms with Gasteiger partial charge >= 0.3 is 0 Å². The molecule has 14 heavy (non-hydrogen) atoms. The average molecular weight is 194 g/mol. The van der Waals surface area contributed by atoms with Crippen LogP contribution in [0.5, 0.6) is 0 Å². The van der Waals surface area contributed by atoms with Crippen LogP contribution in [0.15, 0.2) is 6.33 Å². The minimum Gasteiger partial charge on any atom is -0.317 e. The molecule has 0 saturated heterocycles. The fourth-order valence-corrected chi connectivity index (χ4v) is 1.76. The van der Waals surface area contributed by atoms with Crippen molar-refractivity contribution in [3.63, 3.8) is 0 Å². The number of hydrogen-bond acceptors (Lipinski definition) is 3. The zero-order valence-electron chi connectivity index (χ0n) is 8.74. The van der Waals surface area contributed by atoms with Crippen molar-refractivity contribution < 1.29 is 0 Å². The van der Waals surface area contributed by atoms with E-state index in [1.165, 1.54) is 19.3 Å². The third-order valence-corrected chi connectivity index (χ3v) is 2.98. The molecule has 0 aliphatic heterocycles. The zero-order valence-corrected chi connectivity index (χ0v) is 8.74. The molecule has 78 valence electrons. The van der Waals surface area contributed by atoms with Crippen LogP contribution in [0, 0.1) is 5.92 Å². The first-order valence-electron chi connectivity index (χ1n) is 5.47. The fraction of sp³-hybridized carbons (Fsp3) is 0.800. The van der Waals surface area contributed by atoms with Gasteiger partial charge in [0.25, 0.3) is 0 Å². The molecule has 1 saturated carbocycles. The number of aromatic nitrogens is 3. The van der Waals surface area contributed by atoms with Crippen LogP contribution in [0.2, 0.25) is 0 Å². The van der Waals surface area contributed by atoms with E-state index in [0.29, 0.717) is 0 Å². The second-order valence-electron chi connectivity index (χ2n) is 3.96. The van der Waals surface area contributed by atoms with Crippen molar-refractivity contribution in [2.45, 2.75) is 39.3 Å². The summed E-state index contributed by atoms with van der Waals surface area (Å²) < 4.78 is 2.08. The molecule has 1 heterocycles. The Kier molecular flexibility index (Phi) is 3.14. The lowest BCUT2D eigenvalue weighted by molar-refractivity contribution is 0.300. The van der Waals surface area contributed by atoms with Crippen molar-refractivity contribution in [1.29, 1.82) is 0 Å². The van der Waals surface area contributed by atoms with Gasteiger partial charge in [-0.25, -0.2) is 0 Å². The highest BCUT2D eigenvalue weighted by atomic mass is 15.3. The summed E-state index contributed by atoms with van der Waals surface area (Å²) in [6.07, 6.45) is 6.00. The van der Waals surface area contributed by atoms with Crippen LogP contribution >= 0.6 is 0 Å². The summed E-state index contributed by atoms with van der Waals surface area (Å²) in [5.74, 6) is 1.96. The number of aryl methyl sites for hydroxylation is 1. The summed E-state index contributed by atoms with van der Waals surface area (Å²) in [4.78, 5) is 0. The third kappa shape index (κ3) is 2.12. The maximum absolute atomic E-state index is 4.08. The van der Waals surface area contributed by atoms with Gasteiger partial charge in [-0.3, -0.25) is 0 Å². The minimum absolute atomic E-state index is 0.852. The fourth-order valence-electron chi connectivity index (χ4n) is 1.76. The molecule has 2 rings (SSSR count). The Bertz CT molecular complexity index is 277. The summed E-state index contributed by atoms with van der Waals surface area (Å²) in [5.41, 5.74) is 0. The summed E-state index contributed by atoms with van der Waals surface area (Å²) in [6, 6.07) is 0. The van der Waals surface area contributed by atoms with Gasteiger partial charge in [0.15, 0.2) is 0 Å². The van der Waals surface area contributed by atoms with E-state index in [9.17, 15) is 0 Å². The third-order valence-electron chi connectivity index (χ3n) is 2.98. The molecule has 4 nitrogen and oxygen atoms in total. The molecule has 4 heteroatoms. The van der Waals surface area contributed by atoms with Gasteiger partial charge in [0.05, 0.1) is 6.54 Å². The molecule has 0 radical (unpaired) electrons. The maximum Gasteiger partial charge on any atom is 0.146 e. The topological polar surface area (TPSA) is 42.7 Å². The van der Waals surface area contributed by atoms with Gasteiger partial charge < -0.3 is 9.88 Å². The van der Waals surface area contributed by atoms with E-state index >= 15 is 0 Å². The van der Waals surface area contributed by atoms with Crippen LogP contribution in [-0.4, -0.2) is 21.3 Å². The number of rotatable bonds is 5. The van der Waals surface area contributed by atoms with E-state index in [1.807, 2.05) is 0 Å². The summed E-state index contributed by atoms with van der Waals surface area (Å²) >= 11 is 0. The van der Waals surface area contributed by atoms with Crippen LogP contribution in [0.4, 0.5) is 0 Å². The predicted molar refractivity (Wildman–Crippen MR) is 54.7 cm³/mol. The van der Waals surface area contributed by atoms with Gasteiger partial charge in [0, 0.05) is 6.54 Å². The maximum atomic E-state index is 4.08. The molecular formula is C10H18N4. The molecule has 0 amide bonds. The largest absolute Gasteiger partial charge is 0.317 e. The van der Waals surface area contributed by atoms with Gasteiger partial charge in [-0.05, 0) is 32.2 Å². The van der Waals surface area contributed by atoms with Crippen LogP contribution in [0.25, 0.3) is 0 Å². The number of hydrogen-bond donors (Lipinski definition) is 1. The van der Waals surface area contributed by atoms with Crippen molar-refractivity contribution in [3.05, 3.63) is 12.2 Å². The van der Waals surface area contributed by atoms with E-state index < -0.39 is 0 Å². The standard InChI is InChI=1S/C10H18N4/c1-2-14-8-12-13-10(14)7-11-6-9-4-3-5-9/h8-9,11H,2-7H2,1H3. The molecule has 0 unspecified atom stereocenters. The van der Waals surface area contributed by atoms with Gasteiger partial charge in [-0.15, -0.1) is 10.2 Å². The highest BCUT2D eigenvalue weighted by Crippen LogP contribution is 2.25. The predicted octanol–water partition coefficient (Wildman–Crippen LogP) is 1.19. The highest BCUT2D eigenvalue weighted by molar-refractivity contribution is 4.85. The molecule has 1 aliphatic rings. The molecule has 1 aliphatic carbocycles. The van der Waals surface area contributed by atoms with Crippen molar-refractivity contribution in [3.8, 4) is 0 Å². The second-order valence-corrected chi connectivity index (χ2v) is 3.96. The molecule has 1 fully saturated rings. The van der Waals surface area contributed by atoms with E-state index in [0.717, 1.165) is 31.4 Å². The molecule has 1 aromatic heterocycles. The summed E-state index contributed by atoms with van der Waals surface area (Å²) in [7, 11) is 0. The van der Waals surface area contributed by atoms with Crippen molar-refractivity contribution in [2.75, 3.05) is 6.54 Å². The monoisotopic (exact) mass is 194 g/mol. The van der Waals surface area contributed by atoms with Gasteiger partial charge in [-0.2, -0.15) is 0 Å². The second kappa shape index (κ2) is 4.55. The van der Waals surface area contributed by atoms with E-state index in [1.54, 1.807) is 6.33 Å². The number of nitrogens with zero attached hydrogens (tertiary/aromatic N) is 3. The first-order valence-corrected chi connectivity index (χ1v) is 5.47. The van der Waals surface area contributed by atoms with Gasteiger partial charge in [-0.1, -0.05) is 6.42 Å². The summed E-state index contributed by atoms with van der Waals surface area (Å²) in [5, 5.41) is 11.4. The molecular weight excluding hydrogens is 176 g/mol. The highest BCUT2D eigenvalue weighted by Gasteiger charge is 2.16. The van der Waals surface area contributed by atoms with Crippen LogP contribution in [0.3, 0.4) is 0 Å². The summed E-state index contributed by atoms with van der Waals surface area (Å²) in [6.45, 7) is 5.05. The molecule has 0 atom stereocenters. The quantitative estimate of drug-likeness (QED) is 0.765. The SMILES string of the molecule is CCn1cnnc1CNCC1CCC1. The molecule has 0 bridgehead atoms. The van der Waals surface area contributed by atoms with Crippen LogP contribution < -0.4 is 5.32 Å². The number of nitrogens with one attached hydrogen (secondary N) is 1. The Morgan fingerprint density at radius 2 is 2.43 bits per heavy atom. The normalized spacial score (nSPS) is 16.9. The lowest BCUT2D eigenvalue weighted by atomic mass is 9.85. The van der Waals surface area contributed by atoms with Crippen LogP contribution in [0.1, 0.15) is 32.0 Å². The van der Waals surface area contributed by atoms with Crippen molar-refractivity contribution >= 4 is 0 Å². The van der Waals surface area contributed by atoms with E-state index in [4.69, 9.17) is 0 Å². The average Bonchev–Trinajstić information content (AvgIpc) is 2.56. The Balaban J connectivity index is 1.73. The zero-order chi connectivity index (χ0) is 9.80. The van der Waals surface area contributed by atoms with Gasteiger partial charge in [0.1, 0.15) is 12.2 Å². The lowest BCUT2D eigenvalue weighted by Gasteiger charge is -2.25. The van der Waals surface area contributed by atoms with Crippen LogP contribution in [-0.2, 0) is 13.1 Å². The first kappa shape index (κ1) is 9.65. The molecule has 0 aromatic carbocycles. The van der Waals surface area contributed by atoms with Crippen molar-refractivity contribution in [1.82, 2.24) is 20.1 Å². The Labute approximate surface area is 84.7 Å². The van der Waals surface area contributed by atoms with E-state index in [2.05, 4.69) is 27.0 Å². The Morgan fingerprint density at radius 3 is 3.07 bits per heavy atom. The lowest BCUT2D eigenvalue weighted by Crippen LogP contribution is -2.27. The first-order chi connectivity index (χ1) is 6.90.